The first-order valence-electron chi connectivity index (χ1n) is 9.86. The van der Waals surface area contributed by atoms with E-state index in [-0.39, 0.29) is 5.69 Å². The number of nitrogens with one attached hydrogen (secondary N) is 1. The van der Waals surface area contributed by atoms with Crippen LogP contribution >= 0.6 is 0 Å². The van der Waals surface area contributed by atoms with E-state index in [0.717, 1.165) is 42.7 Å². The lowest BCUT2D eigenvalue weighted by Gasteiger charge is -2.28. The number of rotatable bonds is 6. The largest absolute Gasteiger partial charge is 0.416 e. The van der Waals surface area contributed by atoms with Crippen molar-refractivity contribution in [2.75, 3.05) is 13.6 Å². The fourth-order valence-corrected chi connectivity index (χ4v) is 3.09. The van der Waals surface area contributed by atoms with Crippen molar-refractivity contribution in [3.8, 4) is 11.3 Å². The van der Waals surface area contributed by atoms with Crippen LogP contribution in [0.25, 0.3) is 11.3 Å². The number of allylic oxidation sites excluding steroid dienone is 3. The summed E-state index contributed by atoms with van der Waals surface area (Å²) in [5.41, 5.74) is 2.02. The van der Waals surface area contributed by atoms with E-state index < -0.39 is 11.7 Å². The van der Waals surface area contributed by atoms with Crippen molar-refractivity contribution < 1.29 is 13.2 Å². The van der Waals surface area contributed by atoms with Gasteiger partial charge in [-0.15, -0.1) is 0 Å². The van der Waals surface area contributed by atoms with Crippen molar-refractivity contribution >= 4 is 5.71 Å². The van der Waals surface area contributed by atoms with Gasteiger partial charge in [0.05, 0.1) is 17.0 Å². The van der Waals surface area contributed by atoms with Gasteiger partial charge in [0.1, 0.15) is 11.6 Å². The lowest BCUT2D eigenvalue weighted by Crippen LogP contribution is -2.32. The molecule has 31 heavy (non-hydrogen) atoms. The lowest BCUT2D eigenvalue weighted by molar-refractivity contribution is -0.137. The Balaban J connectivity index is 2.08. The minimum absolute atomic E-state index is 0.201. The van der Waals surface area contributed by atoms with Crippen molar-refractivity contribution in [3.05, 3.63) is 83.9 Å². The molecule has 1 aliphatic heterocycles. The molecule has 2 aromatic rings. The van der Waals surface area contributed by atoms with E-state index >= 15 is 0 Å². The number of hydrogen-bond donors (Lipinski definition) is 1. The first-order valence-corrected chi connectivity index (χ1v) is 9.86. The Kier molecular flexibility index (Phi) is 6.58. The van der Waals surface area contributed by atoms with E-state index in [9.17, 15) is 13.2 Å². The van der Waals surface area contributed by atoms with E-state index in [4.69, 9.17) is 4.99 Å². The van der Waals surface area contributed by atoms with Crippen LogP contribution in [0.2, 0.25) is 0 Å². The van der Waals surface area contributed by atoms with Gasteiger partial charge >= 0.3 is 6.18 Å². The number of hydrogen-bond acceptors (Lipinski definition) is 5. The lowest BCUT2D eigenvalue weighted by atomic mass is 10.0. The van der Waals surface area contributed by atoms with Gasteiger partial charge in [0, 0.05) is 48.9 Å². The quantitative estimate of drug-likeness (QED) is 0.699. The molecule has 0 spiro atoms. The van der Waals surface area contributed by atoms with Crippen molar-refractivity contribution in [2.45, 2.75) is 26.4 Å². The van der Waals surface area contributed by atoms with Crippen LogP contribution in [0.3, 0.4) is 0 Å². The Bertz CT molecular complexity index is 1070. The van der Waals surface area contributed by atoms with Gasteiger partial charge in [0.15, 0.2) is 0 Å². The number of pyridine rings is 2. The van der Waals surface area contributed by atoms with Crippen LogP contribution in [0.15, 0.2) is 72.0 Å². The van der Waals surface area contributed by atoms with Crippen molar-refractivity contribution in [3.63, 3.8) is 0 Å². The zero-order valence-corrected chi connectivity index (χ0v) is 17.7. The molecular weight excluding hydrogens is 403 g/mol. The molecule has 3 rings (SSSR count). The normalized spacial score (nSPS) is 15.5. The molecule has 2 aromatic heterocycles. The number of halogens is 3. The summed E-state index contributed by atoms with van der Waals surface area (Å²) in [6.45, 7) is 8.45. The van der Waals surface area contributed by atoms with Crippen molar-refractivity contribution in [1.82, 2.24) is 20.2 Å². The fraction of sp³-hybridized carbons (Fsp3) is 0.261. The first-order chi connectivity index (χ1) is 14.7. The summed E-state index contributed by atoms with van der Waals surface area (Å²) in [5.74, 6) is 1.55. The highest BCUT2D eigenvalue weighted by molar-refractivity contribution is 6.11. The van der Waals surface area contributed by atoms with Gasteiger partial charge in [0.25, 0.3) is 0 Å². The molecule has 1 aliphatic rings. The van der Waals surface area contributed by atoms with Gasteiger partial charge in [-0.1, -0.05) is 19.6 Å². The maximum atomic E-state index is 13.1. The van der Waals surface area contributed by atoms with Crippen LogP contribution in [0.4, 0.5) is 13.2 Å². The third-order valence-corrected chi connectivity index (χ3v) is 4.78. The molecular formula is C23H24F3N5. The number of alkyl halides is 3. The van der Waals surface area contributed by atoms with Gasteiger partial charge in [-0.05, 0) is 37.6 Å². The van der Waals surface area contributed by atoms with E-state index in [0.29, 0.717) is 22.8 Å². The zero-order valence-electron chi connectivity index (χ0n) is 17.7. The molecule has 3 heterocycles. The molecule has 162 valence electrons. The second-order valence-corrected chi connectivity index (χ2v) is 7.06. The van der Waals surface area contributed by atoms with Gasteiger partial charge in [-0.25, -0.2) is 4.99 Å². The van der Waals surface area contributed by atoms with Gasteiger partial charge in [-0.3, -0.25) is 9.97 Å². The summed E-state index contributed by atoms with van der Waals surface area (Å²) in [6.07, 6.45) is 4.55. The summed E-state index contributed by atoms with van der Waals surface area (Å²) in [7, 11) is 1.90. The Labute approximate surface area is 179 Å². The minimum atomic E-state index is -4.44. The van der Waals surface area contributed by atoms with Crippen molar-refractivity contribution in [1.29, 1.82) is 0 Å². The third kappa shape index (κ3) is 5.02. The molecule has 0 unspecified atom stereocenters. The molecule has 0 bridgehead atoms. The highest BCUT2D eigenvalue weighted by Crippen LogP contribution is 2.31. The number of aryl methyl sites for hydroxylation is 1. The predicted octanol–water partition coefficient (Wildman–Crippen LogP) is 5.07. The topological polar surface area (TPSA) is 53.4 Å². The number of aromatic nitrogens is 2. The number of aliphatic imine (C=N–C) groups is 1. The number of nitrogens with zero attached hydrogens (tertiary/aromatic N) is 4. The second-order valence-electron chi connectivity index (χ2n) is 7.06. The zero-order chi connectivity index (χ0) is 22.6. The molecule has 5 nitrogen and oxygen atoms in total. The molecule has 0 atom stereocenters. The first kappa shape index (κ1) is 22.3. The van der Waals surface area contributed by atoms with Gasteiger partial charge in [0.2, 0.25) is 0 Å². The summed E-state index contributed by atoms with van der Waals surface area (Å²) < 4.78 is 39.4. The van der Waals surface area contributed by atoms with Crippen LogP contribution in [-0.2, 0) is 6.18 Å². The van der Waals surface area contributed by atoms with Gasteiger partial charge < -0.3 is 10.2 Å². The fourth-order valence-electron chi connectivity index (χ4n) is 3.09. The molecule has 0 saturated carbocycles. The van der Waals surface area contributed by atoms with Crippen molar-refractivity contribution in [2.24, 2.45) is 4.99 Å². The van der Waals surface area contributed by atoms with Crippen LogP contribution in [0.5, 0.6) is 0 Å². The Morgan fingerprint density at radius 1 is 1.23 bits per heavy atom. The predicted molar refractivity (Wildman–Crippen MR) is 116 cm³/mol. The molecule has 0 amide bonds. The molecule has 0 radical (unpaired) electrons. The van der Waals surface area contributed by atoms with Crippen LogP contribution in [0, 0.1) is 6.92 Å². The molecule has 0 aliphatic carbocycles. The van der Waals surface area contributed by atoms with Gasteiger partial charge in [-0.2, -0.15) is 13.2 Å². The average Bonchev–Trinajstić information content (AvgIpc) is 2.74. The maximum absolute atomic E-state index is 13.1. The van der Waals surface area contributed by atoms with E-state index in [1.807, 2.05) is 24.9 Å². The smallest absolute Gasteiger partial charge is 0.371 e. The Hall–Kier alpha value is -3.42. The highest BCUT2D eigenvalue weighted by Gasteiger charge is 2.31. The SMILES string of the molecule is C=C/C=C1/N=C(c2cc(-c3cc(C(F)(F)F)ccn3)cnc2C)C=C(NCCC)N1C. The second kappa shape index (κ2) is 9.16. The summed E-state index contributed by atoms with van der Waals surface area (Å²) in [4.78, 5) is 15.1. The monoisotopic (exact) mass is 427 g/mol. The summed E-state index contributed by atoms with van der Waals surface area (Å²) in [6, 6.07) is 3.75. The highest BCUT2D eigenvalue weighted by atomic mass is 19.4. The summed E-state index contributed by atoms with van der Waals surface area (Å²) >= 11 is 0. The van der Waals surface area contributed by atoms with Crippen LogP contribution in [0.1, 0.15) is 30.2 Å². The maximum Gasteiger partial charge on any atom is 0.416 e. The molecule has 0 aromatic carbocycles. The molecule has 8 heteroatoms. The molecule has 0 fully saturated rings. The van der Waals surface area contributed by atoms with Crippen LogP contribution in [-0.4, -0.2) is 34.2 Å². The molecule has 1 N–H and O–H groups in total. The van der Waals surface area contributed by atoms with E-state index in [1.54, 1.807) is 18.2 Å². The Morgan fingerprint density at radius 3 is 2.68 bits per heavy atom. The summed E-state index contributed by atoms with van der Waals surface area (Å²) in [5, 5.41) is 3.37. The van der Waals surface area contributed by atoms with E-state index in [2.05, 4.69) is 28.8 Å². The third-order valence-electron chi connectivity index (χ3n) is 4.78. The van der Waals surface area contributed by atoms with E-state index in [1.165, 1.54) is 6.20 Å². The Morgan fingerprint density at radius 2 is 2.00 bits per heavy atom. The molecule has 0 saturated heterocycles. The van der Waals surface area contributed by atoms with Crippen LogP contribution < -0.4 is 5.32 Å². The minimum Gasteiger partial charge on any atom is -0.371 e. The standard InChI is InChI=1S/C23H24F3N5/c1-5-7-21-30-20(13-22(31(21)4)28-9-6-2)18-11-16(14-29-15(18)3)19-12-17(8-10-27-19)23(24,25)26/h5,7-8,10-14,28H,1,6,9H2,2-4H3/b21-7-. The average molecular weight is 427 g/mol.